The van der Waals surface area contributed by atoms with Gasteiger partial charge in [-0.3, -0.25) is 4.79 Å². The first-order valence-electron chi connectivity index (χ1n) is 5.30. The molecule has 19 heavy (non-hydrogen) atoms. The molecule has 0 fully saturated rings. The Hall–Kier alpha value is -1.54. The number of halogens is 4. The summed E-state index contributed by atoms with van der Waals surface area (Å²) in [7, 11) is 0. The first-order chi connectivity index (χ1) is 8.83. The second-order valence-corrected chi connectivity index (χ2v) is 4.08. The van der Waals surface area contributed by atoms with Crippen LogP contribution in [-0.2, 0) is 0 Å². The van der Waals surface area contributed by atoms with Gasteiger partial charge in [-0.15, -0.1) is 0 Å². The predicted molar refractivity (Wildman–Crippen MR) is 64.7 cm³/mol. The van der Waals surface area contributed by atoms with E-state index in [-0.39, 0.29) is 29.4 Å². The summed E-state index contributed by atoms with van der Waals surface area (Å²) in [6.45, 7) is -0.0765. The smallest absolute Gasteiger partial charge is 0.352 e. The van der Waals surface area contributed by atoms with Crippen LogP contribution < -0.4 is 16.6 Å². The number of nitrogen functional groups attached to an aromatic ring is 1. The molecule has 0 aromatic carbocycles. The van der Waals surface area contributed by atoms with E-state index in [9.17, 15) is 18.0 Å². The fraction of sp³-hybridized carbons (Fsp3) is 0.400. The molecule has 0 aliphatic rings. The molecule has 0 aliphatic heterocycles. The molecule has 1 aromatic rings. The largest absolute Gasteiger partial charge is 0.389 e. The molecule has 1 rings (SSSR count). The highest BCUT2D eigenvalue weighted by atomic mass is 35.5. The molecule has 0 radical (unpaired) electrons. The molecule has 0 bridgehead atoms. The standard InChI is InChI=1S/C10H12ClF3N4O/c11-7-4-6(5-17-8(7)18-15)9(19)16-3-1-2-10(12,13)14/h4-5H,1-3,15H2,(H,16,19)(H,17,18). The highest BCUT2D eigenvalue weighted by Gasteiger charge is 2.26. The Kier molecular flexibility index (Phi) is 5.37. The van der Waals surface area contributed by atoms with Gasteiger partial charge in [-0.25, -0.2) is 10.8 Å². The Bertz CT molecular complexity index is 453. The third kappa shape index (κ3) is 5.31. The predicted octanol–water partition coefficient (Wildman–Crippen LogP) is 2.09. The van der Waals surface area contributed by atoms with Crippen molar-refractivity contribution in [3.8, 4) is 0 Å². The molecule has 0 saturated carbocycles. The molecular weight excluding hydrogens is 285 g/mol. The minimum absolute atomic E-state index is 0.0765. The van der Waals surface area contributed by atoms with Crippen LogP contribution in [0.1, 0.15) is 23.2 Å². The minimum Gasteiger partial charge on any atom is -0.352 e. The average molecular weight is 297 g/mol. The Labute approximate surface area is 112 Å². The lowest BCUT2D eigenvalue weighted by atomic mass is 10.2. The number of pyridine rings is 1. The number of carbonyl (C=O) groups excluding carboxylic acids is 1. The van der Waals surface area contributed by atoms with Crippen LogP contribution in [0.15, 0.2) is 12.3 Å². The Morgan fingerprint density at radius 1 is 1.47 bits per heavy atom. The maximum absolute atomic E-state index is 11.9. The zero-order chi connectivity index (χ0) is 14.5. The Morgan fingerprint density at radius 3 is 2.68 bits per heavy atom. The molecule has 0 aliphatic carbocycles. The molecule has 5 nitrogen and oxygen atoms in total. The van der Waals surface area contributed by atoms with Gasteiger partial charge in [0.05, 0.1) is 10.6 Å². The second kappa shape index (κ2) is 6.58. The van der Waals surface area contributed by atoms with Gasteiger partial charge in [0, 0.05) is 19.2 Å². The summed E-state index contributed by atoms with van der Waals surface area (Å²) in [5.74, 6) is 4.77. The quantitative estimate of drug-likeness (QED) is 0.441. The third-order valence-corrected chi connectivity index (χ3v) is 2.45. The summed E-state index contributed by atoms with van der Waals surface area (Å²) in [4.78, 5) is 15.4. The van der Waals surface area contributed by atoms with Gasteiger partial charge in [-0.1, -0.05) is 11.6 Å². The van der Waals surface area contributed by atoms with E-state index in [0.29, 0.717) is 0 Å². The maximum atomic E-state index is 11.9. The van der Waals surface area contributed by atoms with E-state index in [1.807, 2.05) is 0 Å². The lowest BCUT2D eigenvalue weighted by Crippen LogP contribution is -2.25. The van der Waals surface area contributed by atoms with Gasteiger partial charge in [0.25, 0.3) is 5.91 Å². The Morgan fingerprint density at radius 2 is 2.16 bits per heavy atom. The number of anilines is 1. The number of amides is 1. The van der Waals surface area contributed by atoms with Crippen LogP contribution in [0.25, 0.3) is 0 Å². The number of nitrogens with zero attached hydrogens (tertiary/aromatic N) is 1. The van der Waals surface area contributed by atoms with Crippen molar-refractivity contribution in [1.82, 2.24) is 10.3 Å². The van der Waals surface area contributed by atoms with Crippen molar-refractivity contribution >= 4 is 23.3 Å². The highest BCUT2D eigenvalue weighted by Crippen LogP contribution is 2.21. The van der Waals surface area contributed by atoms with Crippen molar-refractivity contribution in [3.05, 3.63) is 22.8 Å². The highest BCUT2D eigenvalue weighted by molar-refractivity contribution is 6.33. The van der Waals surface area contributed by atoms with Crippen molar-refractivity contribution in [3.63, 3.8) is 0 Å². The fourth-order valence-electron chi connectivity index (χ4n) is 1.26. The molecule has 0 saturated heterocycles. The van der Waals surface area contributed by atoms with Crippen molar-refractivity contribution < 1.29 is 18.0 Å². The number of aromatic nitrogens is 1. The number of hydrogen-bond donors (Lipinski definition) is 3. The van der Waals surface area contributed by atoms with Gasteiger partial charge in [0.1, 0.15) is 0 Å². The zero-order valence-corrected chi connectivity index (χ0v) is 10.5. The SMILES string of the molecule is NNc1ncc(C(=O)NCCCC(F)(F)F)cc1Cl. The number of rotatable bonds is 5. The molecular formula is C10H12ClF3N4O. The van der Waals surface area contributed by atoms with E-state index in [0.717, 1.165) is 0 Å². The van der Waals surface area contributed by atoms with Crippen molar-refractivity contribution in [2.45, 2.75) is 19.0 Å². The molecule has 9 heteroatoms. The van der Waals surface area contributed by atoms with Gasteiger partial charge in [-0.05, 0) is 12.5 Å². The molecule has 1 aromatic heterocycles. The van der Waals surface area contributed by atoms with Crippen LogP contribution >= 0.6 is 11.6 Å². The first-order valence-corrected chi connectivity index (χ1v) is 5.68. The van der Waals surface area contributed by atoms with E-state index >= 15 is 0 Å². The number of nitrogens with two attached hydrogens (primary N) is 1. The molecule has 1 amide bonds. The number of alkyl halides is 3. The normalized spacial score (nSPS) is 11.2. The van der Waals surface area contributed by atoms with E-state index in [1.165, 1.54) is 12.3 Å². The molecule has 1 heterocycles. The Balaban J connectivity index is 2.48. The van der Waals surface area contributed by atoms with Crippen molar-refractivity contribution in [1.29, 1.82) is 0 Å². The third-order valence-electron chi connectivity index (χ3n) is 2.16. The van der Waals surface area contributed by atoms with Gasteiger partial charge in [-0.2, -0.15) is 13.2 Å². The number of nitrogens with one attached hydrogen (secondary N) is 2. The van der Waals surface area contributed by atoms with Crippen molar-refractivity contribution in [2.75, 3.05) is 12.0 Å². The van der Waals surface area contributed by atoms with Crippen LogP contribution in [0, 0.1) is 0 Å². The van der Waals surface area contributed by atoms with Crippen LogP contribution in [0.2, 0.25) is 5.02 Å². The average Bonchev–Trinajstić information content (AvgIpc) is 2.33. The van der Waals surface area contributed by atoms with Crippen molar-refractivity contribution in [2.24, 2.45) is 5.84 Å². The van der Waals surface area contributed by atoms with Gasteiger partial charge < -0.3 is 10.7 Å². The van der Waals surface area contributed by atoms with E-state index < -0.39 is 18.5 Å². The summed E-state index contributed by atoms with van der Waals surface area (Å²) in [5.41, 5.74) is 2.38. The number of carbonyl (C=O) groups is 1. The molecule has 0 atom stereocenters. The van der Waals surface area contributed by atoms with Crippen LogP contribution in [0.4, 0.5) is 19.0 Å². The summed E-state index contributed by atoms with van der Waals surface area (Å²) in [6.07, 6.45) is -4.12. The lowest BCUT2D eigenvalue weighted by molar-refractivity contribution is -0.135. The van der Waals surface area contributed by atoms with Crippen LogP contribution in [0.5, 0.6) is 0 Å². The molecule has 106 valence electrons. The molecule has 0 unspecified atom stereocenters. The second-order valence-electron chi connectivity index (χ2n) is 3.67. The van der Waals surface area contributed by atoms with Gasteiger partial charge >= 0.3 is 6.18 Å². The topological polar surface area (TPSA) is 80.0 Å². The summed E-state index contributed by atoms with van der Waals surface area (Å²) < 4.78 is 35.6. The zero-order valence-electron chi connectivity index (χ0n) is 9.72. The summed E-state index contributed by atoms with van der Waals surface area (Å²) in [5, 5.41) is 2.49. The fourth-order valence-corrected chi connectivity index (χ4v) is 1.48. The minimum atomic E-state index is -4.22. The van der Waals surface area contributed by atoms with E-state index in [4.69, 9.17) is 17.4 Å². The summed E-state index contributed by atoms with van der Waals surface area (Å²) >= 11 is 5.76. The number of hydrogen-bond acceptors (Lipinski definition) is 4. The van der Waals surface area contributed by atoms with Crippen LogP contribution in [-0.4, -0.2) is 23.6 Å². The van der Waals surface area contributed by atoms with E-state index in [1.54, 1.807) is 0 Å². The monoisotopic (exact) mass is 296 g/mol. The molecule has 4 N–H and O–H groups in total. The maximum Gasteiger partial charge on any atom is 0.389 e. The number of hydrazine groups is 1. The lowest BCUT2D eigenvalue weighted by Gasteiger charge is -2.08. The van der Waals surface area contributed by atoms with E-state index in [2.05, 4.69) is 15.7 Å². The first kappa shape index (κ1) is 15.5. The summed E-state index contributed by atoms with van der Waals surface area (Å²) in [6, 6.07) is 1.32. The van der Waals surface area contributed by atoms with Crippen LogP contribution in [0.3, 0.4) is 0 Å². The van der Waals surface area contributed by atoms with Gasteiger partial charge in [0.2, 0.25) is 0 Å². The molecule has 0 spiro atoms. The van der Waals surface area contributed by atoms with Gasteiger partial charge in [0.15, 0.2) is 5.82 Å².